The molecular formula is C30H52O10. The summed E-state index contributed by atoms with van der Waals surface area (Å²) in [6, 6.07) is 0. The van der Waals surface area contributed by atoms with Gasteiger partial charge in [-0.25, -0.2) is 9.59 Å². The Bertz CT molecular complexity index is 780. The van der Waals surface area contributed by atoms with E-state index in [0.29, 0.717) is 19.3 Å². The van der Waals surface area contributed by atoms with E-state index in [1.165, 1.54) is 0 Å². The van der Waals surface area contributed by atoms with Crippen LogP contribution in [0.2, 0.25) is 0 Å². The minimum absolute atomic E-state index is 0.267. The first-order valence-electron chi connectivity index (χ1n) is 14.8. The lowest BCUT2D eigenvalue weighted by molar-refractivity contribution is -0.634. The van der Waals surface area contributed by atoms with Gasteiger partial charge in [-0.05, 0) is 77.7 Å². The molecule has 0 aromatic rings. The predicted octanol–water partition coefficient (Wildman–Crippen LogP) is 7.22. The Morgan fingerprint density at radius 1 is 0.675 bits per heavy atom. The number of hydrogen-bond donors (Lipinski definition) is 1. The smallest absolute Gasteiger partial charge is 0.350 e. The number of allylic oxidation sites excluding steroid dienone is 2. The molecule has 0 heterocycles. The second-order valence-electron chi connectivity index (χ2n) is 12.6. The third-order valence-corrected chi connectivity index (χ3v) is 6.59. The van der Waals surface area contributed by atoms with Crippen LogP contribution in [0.1, 0.15) is 126 Å². The van der Waals surface area contributed by atoms with Crippen LogP contribution in [0.3, 0.4) is 0 Å². The number of carboxylic acids is 1. The molecule has 10 heteroatoms. The summed E-state index contributed by atoms with van der Waals surface area (Å²) in [6.07, 6.45) is 13.8. The lowest BCUT2D eigenvalue weighted by Crippen LogP contribution is -2.42. The van der Waals surface area contributed by atoms with E-state index >= 15 is 0 Å². The van der Waals surface area contributed by atoms with Crippen molar-refractivity contribution in [2.24, 2.45) is 23.7 Å². The number of rotatable bonds is 19. The molecule has 0 spiro atoms. The van der Waals surface area contributed by atoms with Gasteiger partial charge in [0.05, 0.1) is 17.4 Å². The van der Waals surface area contributed by atoms with Crippen molar-refractivity contribution in [1.82, 2.24) is 0 Å². The maximum Gasteiger partial charge on any atom is 0.350 e. The quantitative estimate of drug-likeness (QED) is 0.0733. The zero-order valence-corrected chi connectivity index (χ0v) is 25.6. The molecular weight excluding hydrogens is 520 g/mol. The SMILES string of the molecule is CCCCCCC1C=CC(CCCCCCCC(=O)OOC(C)(C)C)C(C(=O)OOOOC(C)(C)C)C1C(=O)O. The molecule has 0 aromatic carbocycles. The van der Waals surface area contributed by atoms with Crippen molar-refractivity contribution < 1.29 is 49.1 Å². The van der Waals surface area contributed by atoms with Crippen LogP contribution in [-0.4, -0.2) is 34.2 Å². The van der Waals surface area contributed by atoms with E-state index in [1.54, 1.807) is 41.5 Å². The highest BCUT2D eigenvalue weighted by molar-refractivity contribution is 5.82. The highest BCUT2D eigenvalue weighted by Crippen LogP contribution is 2.40. The summed E-state index contributed by atoms with van der Waals surface area (Å²) in [7, 11) is 0. The van der Waals surface area contributed by atoms with Gasteiger partial charge >= 0.3 is 17.9 Å². The van der Waals surface area contributed by atoms with Crippen molar-refractivity contribution >= 4 is 17.9 Å². The zero-order valence-electron chi connectivity index (χ0n) is 25.6. The molecule has 10 nitrogen and oxygen atoms in total. The average Bonchev–Trinajstić information content (AvgIpc) is 2.86. The van der Waals surface area contributed by atoms with Crippen molar-refractivity contribution in [2.45, 2.75) is 137 Å². The third-order valence-electron chi connectivity index (χ3n) is 6.59. The predicted molar refractivity (Wildman–Crippen MR) is 148 cm³/mol. The van der Waals surface area contributed by atoms with Crippen molar-refractivity contribution in [3.63, 3.8) is 0 Å². The monoisotopic (exact) mass is 572 g/mol. The minimum Gasteiger partial charge on any atom is -0.481 e. The molecule has 1 N–H and O–H groups in total. The van der Waals surface area contributed by atoms with Crippen molar-refractivity contribution in [3.8, 4) is 0 Å². The average molecular weight is 573 g/mol. The number of aliphatic carboxylic acids is 1. The maximum atomic E-state index is 13.1. The first-order chi connectivity index (χ1) is 18.7. The van der Waals surface area contributed by atoms with Gasteiger partial charge in [0.1, 0.15) is 5.60 Å². The van der Waals surface area contributed by atoms with Gasteiger partial charge in [-0.1, -0.05) is 70.4 Å². The van der Waals surface area contributed by atoms with Gasteiger partial charge in [0.15, 0.2) is 0 Å². The number of carbonyl (C=O) groups is 3. The molecule has 0 amide bonds. The summed E-state index contributed by atoms with van der Waals surface area (Å²) in [5, 5.41) is 19.2. The highest BCUT2D eigenvalue weighted by Gasteiger charge is 2.46. The second-order valence-corrected chi connectivity index (χ2v) is 12.6. The molecule has 1 rings (SSSR count). The Kier molecular flexibility index (Phi) is 16.6. The number of hydrogen-bond acceptors (Lipinski definition) is 9. The largest absolute Gasteiger partial charge is 0.481 e. The van der Waals surface area contributed by atoms with Crippen LogP contribution in [0.4, 0.5) is 0 Å². The van der Waals surface area contributed by atoms with Gasteiger partial charge in [-0.2, -0.15) is 9.78 Å². The number of carbonyl (C=O) groups excluding carboxylic acids is 2. The topological polar surface area (TPSA) is 127 Å². The van der Waals surface area contributed by atoms with Gasteiger partial charge in [0.2, 0.25) is 0 Å². The van der Waals surface area contributed by atoms with E-state index in [0.717, 1.165) is 51.4 Å². The summed E-state index contributed by atoms with van der Waals surface area (Å²) < 4.78 is 0. The molecule has 0 bridgehead atoms. The molecule has 0 saturated heterocycles. The van der Waals surface area contributed by atoms with Crippen LogP contribution >= 0.6 is 0 Å². The summed E-state index contributed by atoms with van der Waals surface area (Å²) in [5.74, 6) is -4.59. The van der Waals surface area contributed by atoms with Gasteiger partial charge in [0, 0.05) is 11.5 Å². The first kappa shape index (κ1) is 36.0. The molecule has 0 radical (unpaired) electrons. The van der Waals surface area contributed by atoms with Crippen LogP contribution < -0.4 is 0 Å². The zero-order chi connectivity index (χ0) is 30.2. The molecule has 232 valence electrons. The van der Waals surface area contributed by atoms with Gasteiger partial charge in [-0.3, -0.25) is 14.6 Å². The van der Waals surface area contributed by atoms with E-state index in [1.807, 2.05) is 12.2 Å². The highest BCUT2D eigenvalue weighted by atomic mass is 17.7. The van der Waals surface area contributed by atoms with Gasteiger partial charge in [-0.15, -0.1) is 0 Å². The molecule has 40 heavy (non-hydrogen) atoms. The Hall–Kier alpha value is -2.01. The summed E-state index contributed by atoms with van der Waals surface area (Å²) >= 11 is 0. The summed E-state index contributed by atoms with van der Waals surface area (Å²) in [5.41, 5.74) is -1.22. The minimum atomic E-state index is -1.02. The molecule has 0 aromatic heterocycles. The lowest BCUT2D eigenvalue weighted by atomic mass is 9.67. The molecule has 1 aliphatic carbocycles. The molecule has 0 saturated carbocycles. The Morgan fingerprint density at radius 2 is 1.20 bits per heavy atom. The normalized spacial score (nSPS) is 21.3. The van der Waals surface area contributed by atoms with Crippen LogP contribution in [0.15, 0.2) is 12.2 Å². The summed E-state index contributed by atoms with van der Waals surface area (Å²) in [4.78, 5) is 56.9. The fraction of sp³-hybridized carbons (Fsp3) is 0.833. The van der Waals surface area contributed by atoms with E-state index in [9.17, 15) is 19.5 Å². The summed E-state index contributed by atoms with van der Waals surface area (Å²) in [6.45, 7) is 12.7. The van der Waals surface area contributed by atoms with Crippen molar-refractivity contribution in [1.29, 1.82) is 0 Å². The van der Waals surface area contributed by atoms with Crippen LogP contribution in [0.25, 0.3) is 0 Å². The van der Waals surface area contributed by atoms with Crippen LogP contribution in [0.5, 0.6) is 0 Å². The molecule has 0 aliphatic heterocycles. The number of carboxylic acid groups (broad SMARTS) is 1. The Balaban J connectivity index is 2.68. The van der Waals surface area contributed by atoms with Gasteiger partial charge in [0.25, 0.3) is 0 Å². The molecule has 0 fully saturated rings. The molecule has 4 unspecified atom stereocenters. The van der Waals surface area contributed by atoms with Crippen LogP contribution in [-0.2, 0) is 44.0 Å². The fourth-order valence-corrected chi connectivity index (χ4v) is 4.69. The van der Waals surface area contributed by atoms with Gasteiger partial charge < -0.3 is 5.11 Å². The van der Waals surface area contributed by atoms with E-state index in [4.69, 9.17) is 19.6 Å². The van der Waals surface area contributed by atoms with Crippen LogP contribution in [0, 0.1) is 23.7 Å². The fourth-order valence-electron chi connectivity index (χ4n) is 4.69. The Labute approximate surface area is 239 Å². The van der Waals surface area contributed by atoms with Crippen molar-refractivity contribution in [2.75, 3.05) is 0 Å². The second kappa shape index (κ2) is 18.4. The van der Waals surface area contributed by atoms with Crippen molar-refractivity contribution in [3.05, 3.63) is 12.2 Å². The molecule has 4 atom stereocenters. The molecule has 1 aliphatic rings. The van der Waals surface area contributed by atoms with E-state index in [-0.39, 0.29) is 24.2 Å². The first-order valence-corrected chi connectivity index (χ1v) is 14.8. The number of unbranched alkanes of at least 4 members (excludes halogenated alkanes) is 7. The third kappa shape index (κ3) is 15.7. The van der Waals surface area contributed by atoms with E-state index in [2.05, 4.69) is 17.0 Å². The Morgan fingerprint density at radius 3 is 1.75 bits per heavy atom. The maximum absolute atomic E-state index is 13.1. The standard InChI is InChI=1S/C30H52O10/c1-8-9-10-14-17-22-20-21-23(18-15-12-11-13-16-19-24(31)35-37-29(2,3)4)26(25(22)27(32)33)28(34)36-39-40-38-30(5,6)7/h20-23,25-26H,8-19H2,1-7H3,(H,32,33). The lowest BCUT2D eigenvalue weighted by Gasteiger charge is -2.35. The van der Waals surface area contributed by atoms with E-state index < -0.39 is 35.0 Å².